The first-order valence-electron chi connectivity index (χ1n) is 29.4. The van der Waals surface area contributed by atoms with E-state index < -0.39 is 12.1 Å². The molecule has 3 N–H and O–H groups in total. The Morgan fingerprint density at radius 3 is 1.21 bits per heavy atom. The van der Waals surface area contributed by atoms with Crippen molar-refractivity contribution in [3.63, 3.8) is 0 Å². The minimum Gasteiger partial charge on any atom is -0.466 e. The van der Waals surface area contributed by atoms with Crippen molar-refractivity contribution in [1.29, 1.82) is 0 Å². The number of carbonyl (C=O) groups is 2. The normalized spacial score (nSPS) is 13.0. The highest BCUT2D eigenvalue weighted by Crippen LogP contribution is 2.17. The molecule has 0 aliphatic rings. The largest absolute Gasteiger partial charge is 0.466 e. The summed E-state index contributed by atoms with van der Waals surface area (Å²) in [5.74, 6) is -0.176. The van der Waals surface area contributed by atoms with Crippen LogP contribution in [-0.2, 0) is 14.3 Å². The van der Waals surface area contributed by atoms with Crippen LogP contribution >= 0.6 is 0 Å². The highest BCUT2D eigenvalue weighted by molar-refractivity contribution is 5.76. The molecule has 0 radical (unpaired) electrons. The molecule has 6 heteroatoms. The van der Waals surface area contributed by atoms with Gasteiger partial charge in [-0.05, 0) is 77.0 Å². The van der Waals surface area contributed by atoms with Crippen LogP contribution in [0.3, 0.4) is 0 Å². The van der Waals surface area contributed by atoms with E-state index in [0.717, 1.165) is 51.4 Å². The van der Waals surface area contributed by atoms with E-state index in [4.69, 9.17) is 4.74 Å². The smallest absolute Gasteiger partial charge is 0.305 e. The zero-order valence-electron chi connectivity index (χ0n) is 44.6. The average Bonchev–Trinajstić information content (AvgIpc) is 3.33. The van der Waals surface area contributed by atoms with Crippen LogP contribution in [0.1, 0.15) is 303 Å². The fourth-order valence-electron chi connectivity index (χ4n) is 8.80. The van der Waals surface area contributed by atoms with E-state index in [-0.39, 0.29) is 18.5 Å². The van der Waals surface area contributed by atoms with Crippen LogP contribution in [0.5, 0.6) is 0 Å². The third kappa shape index (κ3) is 53.0. The van der Waals surface area contributed by atoms with Crippen LogP contribution in [0.25, 0.3) is 0 Å². The number of hydrogen-bond acceptors (Lipinski definition) is 5. The van der Waals surface area contributed by atoms with Crippen molar-refractivity contribution in [2.24, 2.45) is 0 Å². The van der Waals surface area contributed by atoms with Gasteiger partial charge in [0.15, 0.2) is 0 Å². The van der Waals surface area contributed by atoms with Gasteiger partial charge < -0.3 is 20.3 Å². The van der Waals surface area contributed by atoms with Crippen molar-refractivity contribution in [2.75, 3.05) is 13.2 Å². The topological polar surface area (TPSA) is 95.9 Å². The average molecular weight is 941 g/mol. The lowest BCUT2D eigenvalue weighted by molar-refractivity contribution is -0.143. The summed E-state index contributed by atoms with van der Waals surface area (Å²) in [6.07, 6.45) is 71.5. The van der Waals surface area contributed by atoms with E-state index in [1.165, 1.54) is 218 Å². The molecule has 0 aliphatic carbocycles. The number of ether oxygens (including phenoxy) is 1. The Labute approximate surface area is 416 Å². The summed E-state index contributed by atoms with van der Waals surface area (Å²) >= 11 is 0. The Morgan fingerprint density at radius 1 is 0.418 bits per heavy atom. The van der Waals surface area contributed by atoms with E-state index in [9.17, 15) is 19.8 Å². The molecule has 2 unspecified atom stereocenters. The number of nitrogens with one attached hydrogen (secondary N) is 1. The third-order valence-corrected chi connectivity index (χ3v) is 13.3. The first-order chi connectivity index (χ1) is 33.0. The van der Waals surface area contributed by atoms with E-state index in [2.05, 4.69) is 49.5 Å². The number of esters is 1. The van der Waals surface area contributed by atoms with Gasteiger partial charge in [-0.1, -0.05) is 262 Å². The van der Waals surface area contributed by atoms with Gasteiger partial charge in [0.2, 0.25) is 5.91 Å². The van der Waals surface area contributed by atoms with Crippen LogP contribution in [0.15, 0.2) is 48.6 Å². The summed E-state index contributed by atoms with van der Waals surface area (Å²) in [7, 11) is 0. The van der Waals surface area contributed by atoms with Crippen molar-refractivity contribution in [2.45, 2.75) is 315 Å². The van der Waals surface area contributed by atoms with Gasteiger partial charge in [0.25, 0.3) is 0 Å². The number of aliphatic hydroxyl groups excluding tert-OH is 2. The number of carbonyl (C=O) groups excluding carboxylic acids is 2. The molecule has 2 atom stereocenters. The standard InChI is InChI=1S/C61H113NO5/c1-3-5-7-9-11-13-15-17-18-19-20-21-22-23-24-25-26-27-28-30-33-37-41-45-49-53-59(64)58(57-63)62-60(65)54-50-46-42-38-34-31-29-32-36-40-44-48-52-56-67-61(66)55-51-47-43-39-35-16-14-12-10-8-6-4-2/h12,14,31,34,42,46,49,53,58-59,63-64H,3-11,13,15-30,32-33,35-41,43-45,47-48,50-52,54-57H2,1-2H3,(H,62,65)/b14-12-,34-31-,46-42-,53-49+. The van der Waals surface area contributed by atoms with Gasteiger partial charge in [-0.2, -0.15) is 0 Å². The quantitative estimate of drug-likeness (QED) is 0.0321. The second-order valence-corrected chi connectivity index (χ2v) is 20.0. The predicted octanol–water partition coefficient (Wildman–Crippen LogP) is 18.2. The molecule has 0 bridgehead atoms. The molecule has 392 valence electrons. The second kappa shape index (κ2) is 56.4. The minimum atomic E-state index is -0.881. The third-order valence-electron chi connectivity index (χ3n) is 13.3. The highest BCUT2D eigenvalue weighted by atomic mass is 16.5. The van der Waals surface area contributed by atoms with Crippen molar-refractivity contribution >= 4 is 11.9 Å². The Balaban J connectivity index is 3.57. The van der Waals surface area contributed by atoms with Gasteiger partial charge in [0.05, 0.1) is 25.4 Å². The molecular weight excluding hydrogens is 827 g/mol. The Morgan fingerprint density at radius 2 is 0.761 bits per heavy atom. The lowest BCUT2D eigenvalue weighted by atomic mass is 10.0. The maximum atomic E-state index is 12.4. The lowest BCUT2D eigenvalue weighted by Crippen LogP contribution is -2.45. The van der Waals surface area contributed by atoms with Crippen molar-refractivity contribution in [3.8, 4) is 0 Å². The van der Waals surface area contributed by atoms with Crippen LogP contribution in [0.2, 0.25) is 0 Å². The molecule has 0 heterocycles. The summed E-state index contributed by atoms with van der Waals surface area (Å²) < 4.78 is 5.44. The first-order valence-corrected chi connectivity index (χ1v) is 29.4. The van der Waals surface area contributed by atoms with Crippen LogP contribution < -0.4 is 5.32 Å². The number of unbranched alkanes of at least 4 members (excludes halogenated alkanes) is 37. The van der Waals surface area contributed by atoms with Crippen molar-refractivity contribution in [3.05, 3.63) is 48.6 Å². The SMILES string of the molecule is CCCCC/C=C\CCCCCCCC(=O)OCCCCCCCC/C=C\C/C=C\CCC(=O)NC(CO)C(O)/C=C/CCCCCCCCCCCCCCCCCCCCCCCCC. The Bertz CT molecular complexity index is 1130. The van der Waals surface area contributed by atoms with E-state index in [0.29, 0.717) is 25.9 Å². The van der Waals surface area contributed by atoms with Gasteiger partial charge in [0, 0.05) is 12.8 Å². The minimum absolute atomic E-state index is 0.0286. The molecule has 6 nitrogen and oxygen atoms in total. The number of allylic oxidation sites excluding steroid dienone is 7. The Kier molecular flexibility index (Phi) is 54.6. The summed E-state index contributed by atoms with van der Waals surface area (Å²) in [6.45, 7) is 4.82. The van der Waals surface area contributed by atoms with Crippen LogP contribution in [-0.4, -0.2) is 47.4 Å². The van der Waals surface area contributed by atoms with Crippen molar-refractivity contribution in [1.82, 2.24) is 5.32 Å². The van der Waals surface area contributed by atoms with Crippen molar-refractivity contribution < 1.29 is 24.5 Å². The van der Waals surface area contributed by atoms with Crippen LogP contribution in [0, 0.1) is 0 Å². The summed E-state index contributed by atoms with van der Waals surface area (Å²) in [5, 5.41) is 23.1. The second-order valence-electron chi connectivity index (χ2n) is 20.0. The molecule has 0 aromatic heterocycles. The monoisotopic (exact) mass is 940 g/mol. The van der Waals surface area contributed by atoms with Gasteiger partial charge >= 0.3 is 5.97 Å². The zero-order chi connectivity index (χ0) is 48.6. The summed E-state index contributed by atoms with van der Waals surface area (Å²) in [6, 6.07) is -0.674. The molecule has 67 heavy (non-hydrogen) atoms. The molecule has 0 spiro atoms. The predicted molar refractivity (Wildman–Crippen MR) is 292 cm³/mol. The summed E-state index contributed by atoms with van der Waals surface area (Å²) in [5.41, 5.74) is 0. The highest BCUT2D eigenvalue weighted by Gasteiger charge is 2.17. The first kappa shape index (κ1) is 64.8. The molecule has 0 rings (SSSR count). The van der Waals surface area contributed by atoms with Gasteiger partial charge in [0.1, 0.15) is 0 Å². The van der Waals surface area contributed by atoms with Gasteiger partial charge in [-0.15, -0.1) is 0 Å². The number of aliphatic hydroxyl groups is 2. The van der Waals surface area contributed by atoms with E-state index in [1.807, 2.05) is 12.2 Å². The van der Waals surface area contributed by atoms with E-state index in [1.54, 1.807) is 6.08 Å². The molecular formula is C61H113NO5. The van der Waals surface area contributed by atoms with E-state index >= 15 is 0 Å². The van der Waals surface area contributed by atoms with Crippen LogP contribution in [0.4, 0.5) is 0 Å². The zero-order valence-corrected chi connectivity index (χ0v) is 44.6. The molecule has 0 saturated carbocycles. The van der Waals surface area contributed by atoms with Gasteiger partial charge in [-0.3, -0.25) is 9.59 Å². The maximum Gasteiger partial charge on any atom is 0.305 e. The number of rotatable bonds is 54. The number of hydrogen-bond donors (Lipinski definition) is 3. The number of amides is 1. The molecule has 0 fully saturated rings. The van der Waals surface area contributed by atoms with Gasteiger partial charge in [-0.25, -0.2) is 0 Å². The molecule has 0 aliphatic heterocycles. The molecule has 0 aromatic rings. The Hall–Kier alpha value is -2.18. The summed E-state index contributed by atoms with van der Waals surface area (Å²) in [4.78, 5) is 24.4. The molecule has 0 saturated heterocycles. The lowest BCUT2D eigenvalue weighted by Gasteiger charge is -2.19. The molecule has 0 aromatic carbocycles. The fourth-order valence-corrected chi connectivity index (χ4v) is 8.80. The maximum absolute atomic E-state index is 12.4. The molecule has 1 amide bonds. The fraction of sp³-hybridized carbons (Fsp3) is 0.836.